The van der Waals surface area contributed by atoms with E-state index in [1.54, 1.807) is 22.4 Å². The molecular formula is C16H24F3N3O5S2. The molecular weight excluding hydrogens is 435 g/mol. The number of carbonyl (C=O) groups is 2. The molecule has 1 saturated heterocycles. The number of nitrogens with zero attached hydrogens (tertiary/aromatic N) is 2. The van der Waals surface area contributed by atoms with Crippen LogP contribution < -0.4 is 5.32 Å². The highest BCUT2D eigenvalue weighted by atomic mass is 32.2. The van der Waals surface area contributed by atoms with E-state index in [0.29, 0.717) is 23.8 Å². The Morgan fingerprint density at radius 2 is 1.90 bits per heavy atom. The lowest BCUT2D eigenvalue weighted by atomic mass is 10.3. The summed E-state index contributed by atoms with van der Waals surface area (Å²) in [7, 11) is -3.57. The zero-order valence-electron chi connectivity index (χ0n) is 15.8. The summed E-state index contributed by atoms with van der Waals surface area (Å²) in [6, 6.07) is 3.31. The molecule has 13 heteroatoms. The second kappa shape index (κ2) is 11.5. The molecule has 1 aliphatic rings. The second-order valence-electron chi connectivity index (χ2n) is 6.06. The summed E-state index contributed by atoms with van der Waals surface area (Å²) in [6.07, 6.45) is -3.45. The molecule has 0 bridgehead atoms. The first-order valence-electron chi connectivity index (χ1n) is 8.82. The van der Waals surface area contributed by atoms with Crippen molar-refractivity contribution < 1.29 is 36.3 Å². The van der Waals surface area contributed by atoms with Crippen molar-refractivity contribution in [3.63, 3.8) is 0 Å². The number of hydrogen-bond donors (Lipinski definition) is 2. The number of carbonyl (C=O) groups excluding carboxylic acids is 1. The summed E-state index contributed by atoms with van der Waals surface area (Å²) in [5.74, 6) is -2.87. The quantitative estimate of drug-likeness (QED) is 0.642. The Morgan fingerprint density at radius 3 is 2.34 bits per heavy atom. The SMILES string of the molecule is CCCCN(CC(=O)N1CCNCC1)S(=O)(=O)c1cccs1.O=C(O)C(F)(F)F. The number of rotatable bonds is 7. The predicted molar refractivity (Wildman–Crippen MR) is 101 cm³/mol. The second-order valence-corrected chi connectivity index (χ2v) is 9.17. The molecule has 0 saturated carbocycles. The van der Waals surface area contributed by atoms with E-state index in [0.717, 1.165) is 25.9 Å². The smallest absolute Gasteiger partial charge is 0.475 e. The van der Waals surface area contributed by atoms with Gasteiger partial charge in [-0.2, -0.15) is 17.5 Å². The molecule has 1 aromatic rings. The lowest BCUT2D eigenvalue weighted by Gasteiger charge is -2.30. The number of alkyl halides is 3. The highest BCUT2D eigenvalue weighted by molar-refractivity contribution is 7.91. The van der Waals surface area contributed by atoms with Gasteiger partial charge < -0.3 is 15.3 Å². The zero-order chi connectivity index (χ0) is 22.1. The molecule has 1 fully saturated rings. The maximum absolute atomic E-state index is 12.7. The summed E-state index contributed by atoms with van der Waals surface area (Å²) in [4.78, 5) is 23.0. The average Bonchev–Trinajstić information content (AvgIpc) is 3.21. The van der Waals surface area contributed by atoms with E-state index in [2.05, 4.69) is 5.32 Å². The molecule has 0 radical (unpaired) electrons. The predicted octanol–water partition coefficient (Wildman–Crippen LogP) is 1.60. The molecule has 2 N–H and O–H groups in total. The van der Waals surface area contributed by atoms with Crippen molar-refractivity contribution in [1.29, 1.82) is 0 Å². The minimum absolute atomic E-state index is 0.0692. The number of carboxylic acids is 1. The van der Waals surface area contributed by atoms with Crippen LogP contribution in [-0.4, -0.2) is 80.1 Å². The highest BCUT2D eigenvalue weighted by Crippen LogP contribution is 2.21. The van der Waals surface area contributed by atoms with E-state index >= 15 is 0 Å². The number of halogens is 3. The van der Waals surface area contributed by atoms with Gasteiger partial charge in [0.05, 0.1) is 6.54 Å². The van der Waals surface area contributed by atoms with Gasteiger partial charge in [-0.15, -0.1) is 11.3 Å². The van der Waals surface area contributed by atoms with Crippen molar-refractivity contribution >= 4 is 33.2 Å². The number of thiophene rings is 1. The van der Waals surface area contributed by atoms with Crippen molar-refractivity contribution in [1.82, 2.24) is 14.5 Å². The first kappa shape index (κ1) is 25.3. The minimum atomic E-state index is -5.08. The third kappa shape index (κ3) is 8.28. The fraction of sp³-hybridized carbons (Fsp3) is 0.625. The highest BCUT2D eigenvalue weighted by Gasteiger charge is 2.38. The van der Waals surface area contributed by atoms with Crippen LogP contribution in [-0.2, 0) is 19.6 Å². The van der Waals surface area contributed by atoms with Crippen LogP contribution in [0.1, 0.15) is 19.8 Å². The number of hydrogen-bond acceptors (Lipinski definition) is 6. The van der Waals surface area contributed by atoms with Crippen molar-refractivity contribution in [2.24, 2.45) is 0 Å². The molecule has 166 valence electrons. The number of aliphatic carboxylic acids is 1. The topological polar surface area (TPSA) is 107 Å². The average molecular weight is 460 g/mol. The molecule has 0 unspecified atom stereocenters. The van der Waals surface area contributed by atoms with Crippen molar-refractivity contribution in [2.75, 3.05) is 39.3 Å². The Balaban J connectivity index is 0.000000516. The van der Waals surface area contributed by atoms with Crippen molar-refractivity contribution in [3.8, 4) is 0 Å². The Bertz CT molecular complexity index is 748. The van der Waals surface area contributed by atoms with E-state index in [-0.39, 0.29) is 12.5 Å². The van der Waals surface area contributed by atoms with Gasteiger partial charge >= 0.3 is 12.1 Å². The fourth-order valence-corrected chi connectivity index (χ4v) is 4.89. The monoisotopic (exact) mass is 459 g/mol. The van der Waals surface area contributed by atoms with E-state index in [1.165, 1.54) is 15.6 Å². The number of carboxylic acid groups (broad SMARTS) is 1. The van der Waals surface area contributed by atoms with Gasteiger partial charge in [0.15, 0.2) is 0 Å². The largest absolute Gasteiger partial charge is 0.490 e. The van der Waals surface area contributed by atoms with Crippen LogP contribution in [0.2, 0.25) is 0 Å². The minimum Gasteiger partial charge on any atom is -0.475 e. The van der Waals surface area contributed by atoms with Crippen LogP contribution in [0.15, 0.2) is 21.7 Å². The maximum atomic E-state index is 12.7. The zero-order valence-corrected chi connectivity index (χ0v) is 17.4. The molecule has 29 heavy (non-hydrogen) atoms. The number of sulfonamides is 1. The van der Waals surface area contributed by atoms with E-state index in [9.17, 15) is 26.4 Å². The number of unbranched alkanes of at least 4 members (excludes halogenated alkanes) is 1. The van der Waals surface area contributed by atoms with Crippen LogP contribution in [0.5, 0.6) is 0 Å². The molecule has 1 amide bonds. The fourth-order valence-electron chi connectivity index (χ4n) is 2.32. The molecule has 0 atom stereocenters. The first-order valence-corrected chi connectivity index (χ1v) is 11.1. The van der Waals surface area contributed by atoms with Crippen LogP contribution >= 0.6 is 11.3 Å². The van der Waals surface area contributed by atoms with E-state index in [4.69, 9.17) is 9.90 Å². The van der Waals surface area contributed by atoms with Crippen molar-refractivity contribution in [2.45, 2.75) is 30.2 Å². The molecule has 0 spiro atoms. The van der Waals surface area contributed by atoms with Crippen LogP contribution in [0.3, 0.4) is 0 Å². The van der Waals surface area contributed by atoms with Gasteiger partial charge in [-0.3, -0.25) is 4.79 Å². The molecule has 2 rings (SSSR count). The molecule has 1 aliphatic heterocycles. The van der Waals surface area contributed by atoms with Gasteiger partial charge in [0.2, 0.25) is 5.91 Å². The maximum Gasteiger partial charge on any atom is 0.490 e. The molecule has 2 heterocycles. The van der Waals surface area contributed by atoms with E-state index in [1.807, 2.05) is 6.92 Å². The molecule has 8 nitrogen and oxygen atoms in total. The third-order valence-electron chi connectivity index (χ3n) is 3.87. The summed E-state index contributed by atoms with van der Waals surface area (Å²) in [5.41, 5.74) is 0. The van der Waals surface area contributed by atoms with Crippen LogP contribution in [0, 0.1) is 0 Å². The Labute approximate surface area is 171 Å². The normalized spacial score (nSPS) is 15.0. The molecule has 1 aromatic heterocycles. The summed E-state index contributed by atoms with van der Waals surface area (Å²) >= 11 is 1.19. The first-order chi connectivity index (χ1) is 13.5. The van der Waals surface area contributed by atoms with Crippen molar-refractivity contribution in [3.05, 3.63) is 17.5 Å². The third-order valence-corrected chi connectivity index (χ3v) is 7.09. The van der Waals surface area contributed by atoms with Gasteiger partial charge in [0.1, 0.15) is 4.21 Å². The van der Waals surface area contributed by atoms with E-state index < -0.39 is 22.2 Å². The number of nitrogens with one attached hydrogen (secondary N) is 1. The van der Waals surface area contributed by atoms with Gasteiger partial charge in [0, 0.05) is 32.7 Å². The Kier molecular flexibility index (Phi) is 10.0. The Morgan fingerprint density at radius 1 is 1.31 bits per heavy atom. The Hall–Kier alpha value is -1.70. The molecule has 0 aliphatic carbocycles. The number of amides is 1. The summed E-state index contributed by atoms with van der Waals surface area (Å²) in [5, 5.41) is 12.0. The van der Waals surface area contributed by atoms with Crippen LogP contribution in [0.4, 0.5) is 13.2 Å². The van der Waals surface area contributed by atoms with Crippen LogP contribution in [0.25, 0.3) is 0 Å². The lowest BCUT2D eigenvalue weighted by Crippen LogP contribution is -2.50. The molecule has 0 aromatic carbocycles. The van der Waals surface area contributed by atoms with Gasteiger partial charge in [-0.1, -0.05) is 19.4 Å². The summed E-state index contributed by atoms with van der Waals surface area (Å²) < 4.78 is 58.7. The van der Waals surface area contributed by atoms with Gasteiger partial charge in [-0.25, -0.2) is 13.2 Å². The van der Waals surface area contributed by atoms with Gasteiger partial charge in [-0.05, 0) is 17.9 Å². The lowest BCUT2D eigenvalue weighted by molar-refractivity contribution is -0.192. The standard InChI is InChI=1S/C14H23N3O3S2.C2HF3O2/c1-2-3-8-17(22(19,20)14-5-4-11-21-14)12-13(18)16-9-6-15-7-10-16;3-2(4,5)1(6)7/h4-5,11,15H,2-3,6-10,12H2,1H3;(H,6,7). The number of piperazine rings is 1. The summed E-state index contributed by atoms with van der Waals surface area (Å²) in [6.45, 7) is 5.12. The van der Waals surface area contributed by atoms with Gasteiger partial charge in [0.25, 0.3) is 10.0 Å².